The molecule has 0 fully saturated rings. The lowest BCUT2D eigenvalue weighted by atomic mass is 10.3. The number of carbonyl (C=O) groups excluding carboxylic acids is 2. The summed E-state index contributed by atoms with van der Waals surface area (Å²) in [6.45, 7) is 4.71. The van der Waals surface area contributed by atoms with Crippen LogP contribution in [0, 0.1) is 0 Å². The number of carbonyl (C=O) groups is 2. The lowest BCUT2D eigenvalue weighted by molar-refractivity contribution is -0.120. The minimum absolute atomic E-state index is 0.154. The van der Waals surface area contributed by atoms with Gasteiger partial charge in [0, 0.05) is 30.8 Å². The van der Waals surface area contributed by atoms with Crippen LogP contribution in [0.1, 0.15) is 13.8 Å². The summed E-state index contributed by atoms with van der Waals surface area (Å²) >= 11 is 13.3. The van der Waals surface area contributed by atoms with Crippen LogP contribution in [0.25, 0.3) is 10.2 Å². The summed E-state index contributed by atoms with van der Waals surface area (Å²) in [5.41, 5.74) is 1.57. The van der Waals surface area contributed by atoms with Crippen molar-refractivity contribution < 1.29 is 19.1 Å². The molecule has 31 heavy (non-hydrogen) atoms. The average Bonchev–Trinajstić information content (AvgIpc) is 3.03. The molecule has 1 aromatic heterocycles. The number of anilines is 1. The van der Waals surface area contributed by atoms with Gasteiger partial charge in [0.2, 0.25) is 5.91 Å². The largest absolute Gasteiger partial charge is 0.482 e. The Bertz CT molecular complexity index is 1170. The molecule has 0 saturated heterocycles. The van der Waals surface area contributed by atoms with Crippen LogP contribution in [0.5, 0.6) is 5.75 Å². The summed E-state index contributed by atoms with van der Waals surface area (Å²) in [4.78, 5) is 28.6. The zero-order valence-electron chi connectivity index (χ0n) is 17.0. The van der Waals surface area contributed by atoms with Crippen molar-refractivity contribution >= 4 is 62.3 Å². The molecule has 0 saturated carbocycles. The lowest BCUT2D eigenvalue weighted by Gasteiger charge is -2.07. The first-order valence-corrected chi connectivity index (χ1v) is 11.1. The van der Waals surface area contributed by atoms with E-state index < -0.39 is 5.91 Å². The zero-order chi connectivity index (χ0) is 22.4. The van der Waals surface area contributed by atoms with Crippen LogP contribution < -0.4 is 14.9 Å². The molecular weight excluding hydrogens is 461 g/mol. The number of hydrogen-bond acceptors (Lipinski definition) is 5. The Kier molecular flexibility index (Phi) is 8.09. The van der Waals surface area contributed by atoms with Crippen molar-refractivity contribution in [3.05, 3.63) is 51.2 Å². The van der Waals surface area contributed by atoms with E-state index in [0.29, 0.717) is 46.0 Å². The van der Waals surface area contributed by atoms with Crippen LogP contribution >= 0.6 is 34.5 Å². The Labute approximate surface area is 193 Å². The van der Waals surface area contributed by atoms with E-state index in [2.05, 4.69) is 10.3 Å². The molecule has 1 heterocycles. The third-order valence-electron chi connectivity index (χ3n) is 4.13. The van der Waals surface area contributed by atoms with Gasteiger partial charge in [0.1, 0.15) is 5.75 Å². The summed E-state index contributed by atoms with van der Waals surface area (Å²) in [6, 6.07) is 10.3. The number of fused-ring (bicyclic) bond motifs is 1. The van der Waals surface area contributed by atoms with E-state index in [4.69, 9.17) is 32.7 Å². The van der Waals surface area contributed by atoms with Crippen LogP contribution in [0.4, 0.5) is 5.69 Å². The zero-order valence-corrected chi connectivity index (χ0v) is 19.3. The highest BCUT2D eigenvalue weighted by Gasteiger charge is 2.11. The van der Waals surface area contributed by atoms with Crippen LogP contribution in [0.15, 0.2) is 41.4 Å². The van der Waals surface area contributed by atoms with Crippen LogP contribution in [0.3, 0.4) is 0 Å². The molecule has 0 aliphatic heterocycles. The van der Waals surface area contributed by atoms with Gasteiger partial charge in [-0.15, -0.1) is 0 Å². The smallest absolute Gasteiger partial charge is 0.286 e. The Morgan fingerprint density at radius 2 is 2.00 bits per heavy atom. The Morgan fingerprint density at radius 1 is 1.19 bits per heavy atom. The van der Waals surface area contributed by atoms with Crippen molar-refractivity contribution in [1.29, 1.82) is 0 Å². The minimum atomic E-state index is -0.454. The van der Waals surface area contributed by atoms with Gasteiger partial charge in [0.05, 0.1) is 21.8 Å². The summed E-state index contributed by atoms with van der Waals surface area (Å²) in [6.07, 6.45) is 0. The van der Waals surface area contributed by atoms with Crippen LogP contribution in [-0.2, 0) is 20.9 Å². The number of aromatic nitrogens is 1. The third kappa shape index (κ3) is 6.30. The number of rotatable bonds is 8. The lowest BCUT2D eigenvalue weighted by Crippen LogP contribution is -2.21. The number of nitrogens with one attached hydrogen (secondary N) is 1. The highest BCUT2D eigenvalue weighted by molar-refractivity contribution is 7.16. The predicted molar refractivity (Wildman–Crippen MR) is 123 cm³/mol. The monoisotopic (exact) mass is 481 g/mol. The van der Waals surface area contributed by atoms with Crippen molar-refractivity contribution in [3.63, 3.8) is 0 Å². The summed E-state index contributed by atoms with van der Waals surface area (Å²) in [7, 11) is 0. The second-order valence-corrected chi connectivity index (χ2v) is 8.32. The fraction of sp³-hybridized carbons (Fsp3) is 0.286. The minimum Gasteiger partial charge on any atom is -0.482 e. The number of halogens is 2. The molecular formula is C21H21Cl2N3O4S. The van der Waals surface area contributed by atoms with Crippen LogP contribution in [-0.4, -0.2) is 36.2 Å². The summed E-state index contributed by atoms with van der Waals surface area (Å²) < 4.78 is 13.8. The molecule has 3 rings (SSSR count). The van der Waals surface area contributed by atoms with Crippen molar-refractivity contribution in [3.8, 4) is 5.75 Å². The topological polar surface area (TPSA) is 81.9 Å². The number of amides is 2. The number of nitrogens with zero attached hydrogens (tertiary/aromatic N) is 2. The van der Waals surface area contributed by atoms with E-state index in [9.17, 15) is 9.59 Å². The van der Waals surface area contributed by atoms with Crippen molar-refractivity contribution in [2.24, 2.45) is 4.99 Å². The summed E-state index contributed by atoms with van der Waals surface area (Å²) in [5.74, 6) is -0.252. The van der Waals surface area contributed by atoms with Gasteiger partial charge in [-0.25, -0.2) is 0 Å². The molecule has 1 N–H and O–H groups in total. The first-order chi connectivity index (χ1) is 14.9. The van der Waals surface area contributed by atoms with E-state index >= 15 is 0 Å². The second-order valence-electron chi connectivity index (χ2n) is 6.47. The standard InChI is InChI=1S/C21H21Cl2N3O4S/c1-3-29-9-8-26-17-6-5-15(24-13(2)27)11-19(17)31-21(26)25-20(28)12-30-18-7-4-14(22)10-16(18)23/h4-7,10-11H,3,8-9,12H2,1-2H3,(H,24,27). The molecule has 0 radical (unpaired) electrons. The number of hydrogen-bond donors (Lipinski definition) is 1. The van der Waals surface area contributed by atoms with Crippen molar-refractivity contribution in [2.75, 3.05) is 25.1 Å². The van der Waals surface area contributed by atoms with Gasteiger partial charge in [-0.1, -0.05) is 34.5 Å². The first kappa shape index (κ1) is 23.3. The molecule has 3 aromatic rings. The van der Waals surface area contributed by atoms with Gasteiger partial charge in [0.15, 0.2) is 11.4 Å². The van der Waals surface area contributed by atoms with E-state index in [-0.39, 0.29) is 12.5 Å². The van der Waals surface area contributed by atoms with Gasteiger partial charge in [0.25, 0.3) is 5.91 Å². The van der Waals surface area contributed by atoms with Gasteiger partial charge in [-0.05, 0) is 43.3 Å². The Hall–Kier alpha value is -2.39. The van der Waals surface area contributed by atoms with E-state index in [1.807, 2.05) is 29.7 Å². The second kappa shape index (κ2) is 10.8. The molecule has 0 unspecified atom stereocenters. The van der Waals surface area contributed by atoms with E-state index in [1.54, 1.807) is 18.2 Å². The average molecular weight is 482 g/mol. The third-order valence-corrected chi connectivity index (χ3v) is 5.70. The fourth-order valence-corrected chi connectivity index (χ4v) is 4.40. The number of thiazole rings is 1. The van der Waals surface area contributed by atoms with Crippen LogP contribution in [0.2, 0.25) is 10.0 Å². The molecule has 2 aromatic carbocycles. The molecule has 0 atom stereocenters. The van der Waals surface area contributed by atoms with Gasteiger partial charge >= 0.3 is 0 Å². The number of benzene rings is 2. The van der Waals surface area contributed by atoms with Gasteiger partial charge < -0.3 is 19.4 Å². The molecule has 2 amide bonds. The maximum Gasteiger partial charge on any atom is 0.286 e. The highest BCUT2D eigenvalue weighted by atomic mass is 35.5. The molecule has 7 nitrogen and oxygen atoms in total. The highest BCUT2D eigenvalue weighted by Crippen LogP contribution is 2.27. The quantitative estimate of drug-likeness (QED) is 0.479. The molecule has 0 aliphatic rings. The predicted octanol–water partition coefficient (Wildman–Crippen LogP) is 4.51. The molecule has 0 bridgehead atoms. The Balaban J connectivity index is 1.87. The van der Waals surface area contributed by atoms with Gasteiger partial charge in [-0.2, -0.15) is 4.99 Å². The normalized spacial score (nSPS) is 11.7. The molecule has 164 valence electrons. The molecule has 0 spiro atoms. The SMILES string of the molecule is CCOCCn1c(=NC(=O)COc2ccc(Cl)cc2Cl)sc2cc(NC(C)=O)ccc21. The maximum absolute atomic E-state index is 12.5. The number of ether oxygens (including phenoxy) is 2. The van der Waals surface area contributed by atoms with Crippen molar-refractivity contribution in [1.82, 2.24) is 4.57 Å². The van der Waals surface area contributed by atoms with E-state index in [0.717, 1.165) is 10.2 Å². The summed E-state index contributed by atoms with van der Waals surface area (Å²) in [5, 5.41) is 3.56. The Morgan fingerprint density at radius 3 is 2.71 bits per heavy atom. The molecule has 0 aliphatic carbocycles. The fourth-order valence-electron chi connectivity index (χ4n) is 2.83. The molecule has 10 heteroatoms. The van der Waals surface area contributed by atoms with E-state index in [1.165, 1.54) is 18.3 Å². The maximum atomic E-state index is 12.5. The first-order valence-electron chi connectivity index (χ1n) is 9.51. The van der Waals surface area contributed by atoms with Gasteiger partial charge in [-0.3, -0.25) is 9.59 Å². The van der Waals surface area contributed by atoms with Crippen molar-refractivity contribution in [2.45, 2.75) is 20.4 Å².